The second-order valence-corrected chi connectivity index (χ2v) is 10.7. The molecule has 1 fully saturated rings. The number of carbonyl (C=O) groups is 2. The van der Waals surface area contributed by atoms with Gasteiger partial charge in [-0.25, -0.2) is 0 Å². The highest BCUT2D eigenvalue weighted by Gasteiger charge is 2.48. The number of benzene rings is 2. The van der Waals surface area contributed by atoms with Gasteiger partial charge in [0.05, 0.1) is 6.54 Å². The molecule has 0 unspecified atom stereocenters. The molecule has 188 valence electrons. The van der Waals surface area contributed by atoms with Crippen molar-refractivity contribution < 1.29 is 9.59 Å². The lowest BCUT2D eigenvalue weighted by Gasteiger charge is -2.45. The Morgan fingerprint density at radius 1 is 0.889 bits per heavy atom. The number of fused-ring (bicyclic) bond motifs is 1. The van der Waals surface area contributed by atoms with Crippen LogP contribution in [0.3, 0.4) is 0 Å². The predicted molar refractivity (Wildman–Crippen MR) is 144 cm³/mol. The number of carbonyl (C=O) groups excluding carboxylic acids is 2. The molecule has 1 saturated carbocycles. The fourth-order valence-electron chi connectivity index (χ4n) is 5.78. The molecule has 36 heavy (non-hydrogen) atoms. The summed E-state index contributed by atoms with van der Waals surface area (Å²) in [5.74, 6) is -0.143. The highest BCUT2D eigenvalue weighted by atomic mass is 16.2. The molecular formula is C31H37N3O2. The van der Waals surface area contributed by atoms with Crippen LogP contribution in [0.4, 0.5) is 0 Å². The lowest BCUT2D eigenvalue weighted by atomic mass is 9.91. The normalized spacial score (nSPS) is 20.9. The lowest BCUT2D eigenvalue weighted by molar-refractivity contribution is -0.134. The van der Waals surface area contributed by atoms with E-state index < -0.39 is 5.54 Å². The zero-order chi connectivity index (χ0) is 25.1. The Morgan fingerprint density at radius 2 is 1.53 bits per heavy atom. The Balaban J connectivity index is 1.52. The van der Waals surface area contributed by atoms with Gasteiger partial charge in [0.2, 0.25) is 5.91 Å². The van der Waals surface area contributed by atoms with Crippen LogP contribution in [0.25, 0.3) is 11.3 Å². The van der Waals surface area contributed by atoms with Crippen molar-refractivity contribution in [3.8, 4) is 11.3 Å². The van der Waals surface area contributed by atoms with Crippen molar-refractivity contribution in [2.75, 3.05) is 0 Å². The zero-order valence-corrected chi connectivity index (χ0v) is 21.5. The summed E-state index contributed by atoms with van der Waals surface area (Å²) < 4.78 is 2.05. The Morgan fingerprint density at radius 3 is 2.25 bits per heavy atom. The third-order valence-corrected chi connectivity index (χ3v) is 8.10. The van der Waals surface area contributed by atoms with E-state index in [0.29, 0.717) is 18.8 Å². The minimum atomic E-state index is -1.00. The molecule has 1 N–H and O–H groups in total. The number of rotatable bonds is 5. The number of aromatic nitrogens is 1. The van der Waals surface area contributed by atoms with Crippen molar-refractivity contribution in [2.45, 2.75) is 83.5 Å². The maximum Gasteiger partial charge on any atom is 0.271 e. The minimum absolute atomic E-state index is 0.0478. The molecule has 1 aliphatic carbocycles. The van der Waals surface area contributed by atoms with Crippen LogP contribution in [0, 0.1) is 6.92 Å². The molecule has 5 nitrogen and oxygen atoms in total. The van der Waals surface area contributed by atoms with E-state index in [0.717, 1.165) is 48.1 Å². The van der Waals surface area contributed by atoms with E-state index in [1.165, 1.54) is 19.3 Å². The van der Waals surface area contributed by atoms with Gasteiger partial charge in [0.1, 0.15) is 11.2 Å². The molecule has 1 aliphatic heterocycles. The van der Waals surface area contributed by atoms with Crippen LogP contribution >= 0.6 is 0 Å². The van der Waals surface area contributed by atoms with Crippen LogP contribution < -0.4 is 5.32 Å². The van der Waals surface area contributed by atoms with Crippen LogP contribution in [-0.4, -0.2) is 32.9 Å². The number of aryl methyl sites for hydroxylation is 1. The fourth-order valence-corrected chi connectivity index (χ4v) is 5.78. The number of hydrogen-bond acceptors (Lipinski definition) is 2. The standard InChI is InChI=1S/C31H37N3O2/c1-23-13-11-12-16-25(23)21-34-29(35)28-20-19-27(24-14-7-6-8-15-24)33(28)22-31(34,2)30(36)32-26-17-9-4-3-5-10-18-26/h6-8,11-16,19-20,26H,3-5,9-10,17-18,21-22H2,1-2H3,(H,32,36)/t31-/m0/s1. The second kappa shape index (κ2) is 10.3. The van der Waals surface area contributed by atoms with E-state index in [4.69, 9.17) is 0 Å². The largest absolute Gasteiger partial charge is 0.351 e. The SMILES string of the molecule is Cc1ccccc1CN1C(=O)c2ccc(-c3ccccc3)n2C[C@@]1(C)C(=O)NC1CCCCCCC1. The highest BCUT2D eigenvalue weighted by Crippen LogP contribution is 2.35. The van der Waals surface area contributed by atoms with Crippen LogP contribution in [0.5, 0.6) is 0 Å². The van der Waals surface area contributed by atoms with E-state index in [2.05, 4.69) is 36.5 Å². The number of nitrogens with one attached hydrogen (secondary N) is 1. The first kappa shape index (κ1) is 24.4. The molecule has 5 rings (SSSR count). The van der Waals surface area contributed by atoms with Gasteiger partial charge in [-0.3, -0.25) is 9.59 Å². The summed E-state index contributed by atoms with van der Waals surface area (Å²) in [5, 5.41) is 3.38. The monoisotopic (exact) mass is 483 g/mol. The average Bonchev–Trinajstić information content (AvgIpc) is 3.28. The van der Waals surface area contributed by atoms with E-state index in [9.17, 15) is 9.59 Å². The van der Waals surface area contributed by atoms with E-state index in [1.807, 2.05) is 54.0 Å². The molecule has 2 amide bonds. The average molecular weight is 484 g/mol. The highest BCUT2D eigenvalue weighted by molar-refractivity contribution is 6.00. The second-order valence-electron chi connectivity index (χ2n) is 10.7. The number of amides is 2. The fraction of sp³-hybridized carbons (Fsp3) is 0.419. The van der Waals surface area contributed by atoms with Crippen LogP contribution in [0.1, 0.15) is 73.5 Å². The molecule has 0 bridgehead atoms. The van der Waals surface area contributed by atoms with Crippen molar-refractivity contribution in [1.29, 1.82) is 0 Å². The number of nitrogens with zero attached hydrogens (tertiary/aromatic N) is 2. The molecule has 5 heteroatoms. The van der Waals surface area contributed by atoms with Crippen LogP contribution in [0.15, 0.2) is 66.7 Å². The summed E-state index contributed by atoms with van der Waals surface area (Å²) in [6, 6.07) is 22.3. The van der Waals surface area contributed by atoms with Crippen molar-refractivity contribution in [2.24, 2.45) is 0 Å². The molecule has 0 radical (unpaired) electrons. The van der Waals surface area contributed by atoms with Gasteiger partial charge in [-0.05, 0) is 55.5 Å². The molecule has 0 saturated heterocycles. The summed E-state index contributed by atoms with van der Waals surface area (Å²) in [7, 11) is 0. The Bertz CT molecular complexity index is 1220. The predicted octanol–water partition coefficient (Wildman–Crippen LogP) is 6.11. The molecule has 0 spiro atoms. The maximum atomic E-state index is 14.1. The molecule has 2 aliphatic rings. The van der Waals surface area contributed by atoms with Gasteiger partial charge in [0, 0.05) is 18.3 Å². The van der Waals surface area contributed by atoms with Gasteiger partial charge in [0.25, 0.3) is 5.91 Å². The summed E-state index contributed by atoms with van der Waals surface area (Å²) >= 11 is 0. The lowest BCUT2D eigenvalue weighted by Crippen LogP contribution is -2.64. The molecule has 3 aromatic rings. The van der Waals surface area contributed by atoms with Gasteiger partial charge in [-0.1, -0.05) is 86.7 Å². The van der Waals surface area contributed by atoms with Gasteiger partial charge >= 0.3 is 0 Å². The first-order chi connectivity index (χ1) is 17.5. The molecule has 2 heterocycles. The van der Waals surface area contributed by atoms with Crippen molar-refractivity contribution >= 4 is 11.8 Å². The van der Waals surface area contributed by atoms with E-state index >= 15 is 0 Å². The van der Waals surface area contributed by atoms with Gasteiger partial charge in [-0.2, -0.15) is 0 Å². The third-order valence-electron chi connectivity index (χ3n) is 8.10. The Labute approximate surface area is 214 Å². The van der Waals surface area contributed by atoms with Crippen LogP contribution in [0.2, 0.25) is 0 Å². The Hall–Kier alpha value is -3.34. The molecule has 2 aromatic carbocycles. The Kier molecular flexibility index (Phi) is 6.99. The van der Waals surface area contributed by atoms with Crippen molar-refractivity contribution in [1.82, 2.24) is 14.8 Å². The summed E-state index contributed by atoms with van der Waals surface area (Å²) in [5.41, 5.74) is 3.85. The summed E-state index contributed by atoms with van der Waals surface area (Å²) in [6.07, 6.45) is 8.06. The van der Waals surface area contributed by atoms with E-state index in [-0.39, 0.29) is 17.9 Å². The summed E-state index contributed by atoms with van der Waals surface area (Å²) in [4.78, 5) is 29.9. The first-order valence-corrected chi connectivity index (χ1v) is 13.4. The van der Waals surface area contributed by atoms with Gasteiger partial charge < -0.3 is 14.8 Å². The topological polar surface area (TPSA) is 54.3 Å². The molecule has 1 aromatic heterocycles. The third kappa shape index (κ3) is 4.71. The summed E-state index contributed by atoms with van der Waals surface area (Å²) in [6.45, 7) is 4.84. The van der Waals surface area contributed by atoms with E-state index in [1.54, 1.807) is 4.90 Å². The maximum absolute atomic E-state index is 14.1. The molecular weight excluding hydrogens is 446 g/mol. The van der Waals surface area contributed by atoms with Crippen molar-refractivity contribution in [3.63, 3.8) is 0 Å². The molecule has 1 atom stereocenters. The number of hydrogen-bond donors (Lipinski definition) is 1. The van der Waals surface area contributed by atoms with Crippen molar-refractivity contribution in [3.05, 3.63) is 83.6 Å². The minimum Gasteiger partial charge on any atom is -0.351 e. The van der Waals surface area contributed by atoms with Gasteiger partial charge in [0.15, 0.2) is 0 Å². The smallest absolute Gasteiger partial charge is 0.271 e. The van der Waals surface area contributed by atoms with Crippen LogP contribution in [-0.2, 0) is 17.9 Å². The zero-order valence-electron chi connectivity index (χ0n) is 21.5. The van der Waals surface area contributed by atoms with Gasteiger partial charge in [-0.15, -0.1) is 0 Å². The first-order valence-electron chi connectivity index (χ1n) is 13.4. The quantitative estimate of drug-likeness (QED) is 0.476.